The van der Waals surface area contributed by atoms with Gasteiger partial charge in [0.15, 0.2) is 4.34 Å². The Kier molecular flexibility index (Phi) is 7.08. The molecule has 5 nitrogen and oxygen atoms in total. The Morgan fingerprint density at radius 2 is 2.08 bits per heavy atom. The third kappa shape index (κ3) is 5.57. The monoisotopic (exact) mass is 388 g/mol. The van der Waals surface area contributed by atoms with Gasteiger partial charge in [-0.05, 0) is 30.7 Å². The molecule has 0 radical (unpaired) electrons. The molecule has 1 saturated heterocycles. The maximum Gasteiger partial charge on any atom is 0.233 e. The number of hydrogen-bond donors (Lipinski definition) is 1. The predicted molar refractivity (Wildman–Crippen MR) is 109 cm³/mol. The molecule has 1 aromatic heterocycles. The van der Waals surface area contributed by atoms with Crippen LogP contribution in [-0.2, 0) is 11.2 Å². The van der Waals surface area contributed by atoms with E-state index in [1.165, 1.54) is 28.7 Å². The zero-order valence-corrected chi connectivity index (χ0v) is 16.4. The van der Waals surface area contributed by atoms with E-state index in [-0.39, 0.29) is 5.91 Å². The topological polar surface area (TPSA) is 58.1 Å². The Balaban J connectivity index is 1.39. The van der Waals surface area contributed by atoms with Gasteiger partial charge in [-0.1, -0.05) is 59.5 Å². The summed E-state index contributed by atoms with van der Waals surface area (Å²) in [7, 11) is 0. The fraction of sp³-hybridized carbons (Fsp3) is 0.421. The van der Waals surface area contributed by atoms with Gasteiger partial charge >= 0.3 is 0 Å². The molecule has 0 unspecified atom stereocenters. The van der Waals surface area contributed by atoms with Crippen LogP contribution in [-0.4, -0.2) is 46.4 Å². The summed E-state index contributed by atoms with van der Waals surface area (Å²) < 4.78 is 0.823. The highest BCUT2D eigenvalue weighted by Crippen LogP contribution is 2.27. The van der Waals surface area contributed by atoms with Crippen molar-refractivity contribution in [2.24, 2.45) is 5.92 Å². The van der Waals surface area contributed by atoms with Gasteiger partial charge < -0.3 is 10.2 Å². The SMILES string of the molecule is C=CCNc1nnc(SCC(=O)N2CCC(Cc3ccccc3)CC2)s1. The fourth-order valence-corrected chi connectivity index (χ4v) is 4.71. The second-order valence-electron chi connectivity index (χ2n) is 6.35. The number of likely N-dealkylation sites (tertiary alicyclic amines) is 1. The van der Waals surface area contributed by atoms with Crippen molar-refractivity contribution in [3.05, 3.63) is 48.6 Å². The number of carbonyl (C=O) groups excluding carboxylic acids is 1. The molecule has 26 heavy (non-hydrogen) atoms. The molecule has 1 aromatic carbocycles. The van der Waals surface area contributed by atoms with Crippen LogP contribution in [0.4, 0.5) is 5.13 Å². The number of benzene rings is 1. The van der Waals surface area contributed by atoms with Crippen LogP contribution in [0.25, 0.3) is 0 Å². The van der Waals surface area contributed by atoms with Crippen LogP contribution in [0.2, 0.25) is 0 Å². The molecule has 138 valence electrons. The standard InChI is InChI=1S/C19H24N4OS2/c1-2-10-20-18-21-22-19(26-18)25-14-17(24)23-11-8-16(9-12-23)13-15-6-4-3-5-7-15/h2-7,16H,1,8-14H2,(H,20,21). The minimum atomic E-state index is 0.198. The summed E-state index contributed by atoms with van der Waals surface area (Å²) in [6.07, 6.45) is 5.06. The maximum absolute atomic E-state index is 12.4. The molecule has 7 heteroatoms. The first kappa shape index (κ1) is 18.9. The number of piperidine rings is 1. The molecule has 2 aromatic rings. The number of hydrogen-bond acceptors (Lipinski definition) is 6. The summed E-state index contributed by atoms with van der Waals surface area (Å²) >= 11 is 2.94. The van der Waals surface area contributed by atoms with Gasteiger partial charge in [0.05, 0.1) is 5.75 Å². The first-order chi connectivity index (χ1) is 12.7. The molecule has 1 N–H and O–H groups in total. The summed E-state index contributed by atoms with van der Waals surface area (Å²) in [5, 5.41) is 12.0. The Bertz CT molecular complexity index is 711. The highest BCUT2D eigenvalue weighted by atomic mass is 32.2. The van der Waals surface area contributed by atoms with Crippen molar-refractivity contribution in [1.29, 1.82) is 0 Å². The Morgan fingerprint density at radius 3 is 2.81 bits per heavy atom. The number of thioether (sulfide) groups is 1. The molecule has 0 atom stereocenters. The van der Waals surface area contributed by atoms with Crippen molar-refractivity contribution in [3.63, 3.8) is 0 Å². The van der Waals surface area contributed by atoms with Gasteiger partial charge in [-0.15, -0.1) is 16.8 Å². The largest absolute Gasteiger partial charge is 0.357 e. The summed E-state index contributed by atoms with van der Waals surface area (Å²) in [6, 6.07) is 10.6. The molecule has 1 aliphatic rings. The van der Waals surface area contributed by atoms with Crippen LogP contribution >= 0.6 is 23.1 Å². The number of anilines is 1. The van der Waals surface area contributed by atoms with Crippen LogP contribution in [0.5, 0.6) is 0 Å². The molecule has 0 bridgehead atoms. The zero-order chi connectivity index (χ0) is 18.2. The van der Waals surface area contributed by atoms with Crippen molar-refractivity contribution in [1.82, 2.24) is 15.1 Å². The van der Waals surface area contributed by atoms with E-state index in [4.69, 9.17) is 0 Å². The van der Waals surface area contributed by atoms with Crippen molar-refractivity contribution < 1.29 is 4.79 Å². The molecule has 1 fully saturated rings. The summed E-state index contributed by atoms with van der Waals surface area (Å²) in [5.74, 6) is 1.30. The number of amides is 1. The van der Waals surface area contributed by atoms with E-state index in [1.54, 1.807) is 6.08 Å². The van der Waals surface area contributed by atoms with Crippen molar-refractivity contribution in [2.45, 2.75) is 23.6 Å². The van der Waals surface area contributed by atoms with Crippen LogP contribution in [0, 0.1) is 5.92 Å². The lowest BCUT2D eigenvalue weighted by Gasteiger charge is -2.32. The van der Waals surface area contributed by atoms with E-state index in [0.717, 1.165) is 41.8 Å². The van der Waals surface area contributed by atoms with Gasteiger partial charge in [-0.2, -0.15) is 0 Å². The number of rotatable bonds is 8. The number of nitrogens with zero attached hydrogens (tertiary/aromatic N) is 3. The van der Waals surface area contributed by atoms with Crippen LogP contribution in [0.1, 0.15) is 18.4 Å². The quantitative estimate of drug-likeness (QED) is 0.552. The summed E-state index contributed by atoms with van der Waals surface area (Å²) in [4.78, 5) is 14.4. The summed E-state index contributed by atoms with van der Waals surface area (Å²) in [6.45, 7) is 6.04. The zero-order valence-electron chi connectivity index (χ0n) is 14.8. The molecule has 2 heterocycles. The lowest BCUT2D eigenvalue weighted by atomic mass is 9.90. The van der Waals surface area contributed by atoms with Gasteiger partial charge in [0.2, 0.25) is 11.0 Å². The van der Waals surface area contributed by atoms with E-state index in [1.807, 2.05) is 4.90 Å². The lowest BCUT2D eigenvalue weighted by molar-refractivity contribution is -0.129. The van der Waals surface area contributed by atoms with E-state index in [9.17, 15) is 4.79 Å². The van der Waals surface area contributed by atoms with Crippen LogP contribution in [0.3, 0.4) is 0 Å². The van der Waals surface area contributed by atoms with Gasteiger partial charge in [-0.25, -0.2) is 0 Å². The Labute approximate surface area is 162 Å². The predicted octanol–water partition coefficient (Wildman–Crippen LogP) is 3.71. The molecule has 0 saturated carbocycles. The highest BCUT2D eigenvalue weighted by molar-refractivity contribution is 8.01. The first-order valence-electron chi connectivity index (χ1n) is 8.87. The fourth-order valence-electron chi connectivity index (χ4n) is 3.05. The summed E-state index contributed by atoms with van der Waals surface area (Å²) in [5.41, 5.74) is 1.39. The van der Waals surface area contributed by atoms with Crippen molar-refractivity contribution in [2.75, 3.05) is 30.7 Å². The molecule has 0 spiro atoms. The van der Waals surface area contributed by atoms with E-state index >= 15 is 0 Å². The molecule has 1 aliphatic heterocycles. The maximum atomic E-state index is 12.4. The molecular weight excluding hydrogens is 364 g/mol. The molecule has 0 aliphatic carbocycles. The lowest BCUT2D eigenvalue weighted by Crippen LogP contribution is -2.39. The second kappa shape index (κ2) is 9.73. The molecule has 1 amide bonds. The number of nitrogens with one attached hydrogen (secondary N) is 1. The third-order valence-corrected chi connectivity index (χ3v) is 6.46. The van der Waals surface area contributed by atoms with Gasteiger partial charge in [0.25, 0.3) is 0 Å². The third-order valence-electron chi connectivity index (χ3n) is 4.46. The van der Waals surface area contributed by atoms with E-state index < -0.39 is 0 Å². The van der Waals surface area contributed by atoms with E-state index in [0.29, 0.717) is 18.2 Å². The van der Waals surface area contributed by atoms with Crippen LogP contribution < -0.4 is 5.32 Å². The average Bonchev–Trinajstić information content (AvgIpc) is 3.14. The smallest absolute Gasteiger partial charge is 0.233 e. The Hall–Kier alpha value is -1.86. The average molecular weight is 389 g/mol. The van der Waals surface area contributed by atoms with Gasteiger partial charge in [0, 0.05) is 19.6 Å². The minimum absolute atomic E-state index is 0.198. The van der Waals surface area contributed by atoms with Crippen LogP contribution in [0.15, 0.2) is 47.3 Å². The normalized spacial score (nSPS) is 15.0. The second-order valence-corrected chi connectivity index (χ2v) is 8.55. The first-order valence-corrected chi connectivity index (χ1v) is 10.7. The molecule has 3 rings (SSSR count). The number of aromatic nitrogens is 2. The minimum Gasteiger partial charge on any atom is -0.357 e. The van der Waals surface area contributed by atoms with E-state index in [2.05, 4.69) is 52.4 Å². The molecular formula is C19H24N4OS2. The van der Waals surface area contributed by atoms with Gasteiger partial charge in [-0.3, -0.25) is 4.79 Å². The number of carbonyl (C=O) groups is 1. The Morgan fingerprint density at radius 1 is 1.31 bits per heavy atom. The van der Waals surface area contributed by atoms with Crippen molar-refractivity contribution in [3.8, 4) is 0 Å². The van der Waals surface area contributed by atoms with Gasteiger partial charge in [0.1, 0.15) is 0 Å². The highest BCUT2D eigenvalue weighted by Gasteiger charge is 2.23. The van der Waals surface area contributed by atoms with Crippen molar-refractivity contribution >= 4 is 34.1 Å².